The van der Waals surface area contributed by atoms with Gasteiger partial charge in [-0.3, -0.25) is 5.43 Å². The molecule has 3 aromatic carbocycles. The van der Waals surface area contributed by atoms with Gasteiger partial charge in [0, 0.05) is 27.2 Å². The average molecular weight is 541 g/mol. The lowest BCUT2D eigenvalue weighted by Gasteiger charge is -2.15. The van der Waals surface area contributed by atoms with Crippen LogP contribution in [0.3, 0.4) is 0 Å². The fourth-order valence-corrected chi connectivity index (χ4v) is 3.78. The molecule has 3 N–H and O–H groups in total. The summed E-state index contributed by atoms with van der Waals surface area (Å²) in [6.07, 6.45) is -8.50. The van der Waals surface area contributed by atoms with Crippen LogP contribution in [0.15, 0.2) is 71.8 Å². The Bertz CT molecular complexity index is 1410. The number of H-pyrrole nitrogens is 1. The van der Waals surface area contributed by atoms with Gasteiger partial charge in [0.15, 0.2) is 5.11 Å². The monoisotopic (exact) mass is 540 g/mol. The highest BCUT2D eigenvalue weighted by atomic mass is 35.5. The Morgan fingerprint density at radius 3 is 2.11 bits per heavy atom. The second kappa shape index (κ2) is 9.82. The zero-order valence-corrected chi connectivity index (χ0v) is 19.5. The number of anilines is 1. The number of para-hydroxylation sites is 1. The molecule has 1 heterocycles. The third kappa shape index (κ3) is 5.80. The largest absolute Gasteiger partial charge is 0.416 e. The molecule has 0 fully saturated rings. The lowest BCUT2D eigenvalue weighted by molar-refractivity contribution is -0.143. The maximum absolute atomic E-state index is 13.1. The van der Waals surface area contributed by atoms with Gasteiger partial charge in [0.25, 0.3) is 0 Å². The Balaban J connectivity index is 1.58. The first-order chi connectivity index (χ1) is 16.9. The number of benzene rings is 3. The molecule has 4 nitrogen and oxygen atoms in total. The van der Waals surface area contributed by atoms with Crippen molar-refractivity contribution < 1.29 is 26.3 Å². The second-order valence-electron chi connectivity index (χ2n) is 7.58. The fourth-order valence-electron chi connectivity index (χ4n) is 3.48. The van der Waals surface area contributed by atoms with Gasteiger partial charge in [0.1, 0.15) is 0 Å². The van der Waals surface area contributed by atoms with E-state index in [0.29, 0.717) is 22.7 Å². The molecule has 0 aliphatic heterocycles. The summed E-state index contributed by atoms with van der Waals surface area (Å²) in [6, 6.07) is 15.6. The molecule has 36 heavy (non-hydrogen) atoms. The van der Waals surface area contributed by atoms with E-state index in [1.54, 1.807) is 12.1 Å². The molecule has 0 aliphatic rings. The van der Waals surface area contributed by atoms with E-state index in [0.717, 1.165) is 22.2 Å². The molecule has 0 unspecified atom stereocenters. The van der Waals surface area contributed by atoms with E-state index >= 15 is 0 Å². The Labute approximate surface area is 211 Å². The molecule has 0 atom stereocenters. The van der Waals surface area contributed by atoms with Crippen molar-refractivity contribution in [1.82, 2.24) is 10.4 Å². The third-order valence-corrected chi connectivity index (χ3v) is 5.53. The summed E-state index contributed by atoms with van der Waals surface area (Å²) in [5.41, 5.74) is 2.08. The van der Waals surface area contributed by atoms with Gasteiger partial charge in [0.05, 0.1) is 23.0 Å². The van der Waals surface area contributed by atoms with E-state index in [9.17, 15) is 26.3 Å². The van der Waals surface area contributed by atoms with E-state index < -0.39 is 29.2 Å². The van der Waals surface area contributed by atoms with Gasteiger partial charge in [-0.15, -0.1) is 0 Å². The normalized spacial score (nSPS) is 12.3. The van der Waals surface area contributed by atoms with Crippen LogP contribution < -0.4 is 10.7 Å². The average Bonchev–Trinajstić information content (AvgIpc) is 3.17. The van der Waals surface area contributed by atoms with Crippen molar-refractivity contribution in [3.05, 3.63) is 88.4 Å². The number of nitrogens with zero attached hydrogens (tertiary/aromatic N) is 1. The maximum atomic E-state index is 13.1. The van der Waals surface area contributed by atoms with Crippen LogP contribution in [0.2, 0.25) is 5.02 Å². The summed E-state index contributed by atoms with van der Waals surface area (Å²) in [6.45, 7) is 0. The maximum Gasteiger partial charge on any atom is 0.416 e. The predicted octanol–water partition coefficient (Wildman–Crippen LogP) is 7.85. The standard InChI is InChI=1S/C24H15ClF6N4S/c25-16-7-5-13(6-8-16)21-19(18-3-1-2-4-20(18)34-21)12-32-35-22(36)33-17-10-14(23(26,27)28)9-15(11-17)24(29,30)31/h1-12,34H,(H2,33,35,36). The van der Waals surface area contributed by atoms with Crippen molar-refractivity contribution in [2.24, 2.45) is 5.10 Å². The van der Waals surface area contributed by atoms with Gasteiger partial charge in [0.2, 0.25) is 0 Å². The van der Waals surface area contributed by atoms with Gasteiger partial charge in [-0.2, -0.15) is 31.4 Å². The molecular weight excluding hydrogens is 526 g/mol. The highest BCUT2D eigenvalue weighted by Crippen LogP contribution is 2.37. The molecule has 4 rings (SSSR count). The topological polar surface area (TPSA) is 52.2 Å². The summed E-state index contributed by atoms with van der Waals surface area (Å²) < 4.78 is 78.5. The molecular formula is C24H15ClF6N4S. The molecule has 0 spiro atoms. The van der Waals surface area contributed by atoms with Crippen molar-refractivity contribution in [2.75, 3.05) is 5.32 Å². The predicted molar refractivity (Wildman–Crippen MR) is 132 cm³/mol. The number of halogens is 7. The molecule has 0 bridgehead atoms. The molecule has 1 aromatic heterocycles. The quantitative estimate of drug-likeness (QED) is 0.107. The van der Waals surface area contributed by atoms with Gasteiger partial charge in [-0.25, -0.2) is 0 Å². The fraction of sp³-hybridized carbons (Fsp3) is 0.0833. The zero-order chi connectivity index (χ0) is 26.1. The Morgan fingerprint density at radius 1 is 0.889 bits per heavy atom. The summed E-state index contributed by atoms with van der Waals surface area (Å²) in [5.74, 6) is 0. The van der Waals surface area contributed by atoms with Crippen molar-refractivity contribution in [1.29, 1.82) is 0 Å². The Kier molecular flexibility index (Phi) is 6.96. The summed E-state index contributed by atoms with van der Waals surface area (Å²) in [5, 5.41) is 7.45. The number of fused-ring (bicyclic) bond motifs is 1. The lowest BCUT2D eigenvalue weighted by Crippen LogP contribution is -2.24. The van der Waals surface area contributed by atoms with Crippen molar-refractivity contribution in [3.8, 4) is 11.3 Å². The molecule has 186 valence electrons. The Hall–Kier alpha value is -3.57. The number of hydrogen-bond acceptors (Lipinski definition) is 2. The number of hydrazone groups is 1. The number of alkyl halides is 6. The SMILES string of the molecule is FC(F)(F)c1cc(NC(=S)NN=Cc2c(-c3ccc(Cl)cc3)[nH]c3ccccc23)cc(C(F)(F)F)c1. The van der Waals surface area contributed by atoms with Crippen molar-refractivity contribution in [3.63, 3.8) is 0 Å². The number of thiocarbonyl (C=S) groups is 1. The van der Waals surface area contributed by atoms with Gasteiger partial charge in [-0.1, -0.05) is 41.9 Å². The number of aromatic nitrogens is 1. The zero-order valence-electron chi connectivity index (χ0n) is 17.9. The smallest absolute Gasteiger partial charge is 0.354 e. The Morgan fingerprint density at radius 2 is 1.50 bits per heavy atom. The number of rotatable bonds is 4. The summed E-state index contributed by atoms with van der Waals surface area (Å²) in [7, 11) is 0. The molecule has 0 saturated carbocycles. The molecule has 0 saturated heterocycles. The summed E-state index contributed by atoms with van der Waals surface area (Å²) >= 11 is 11.0. The molecule has 4 aromatic rings. The van der Waals surface area contributed by atoms with Crippen LogP contribution >= 0.6 is 23.8 Å². The highest BCUT2D eigenvalue weighted by Gasteiger charge is 2.37. The number of aromatic amines is 1. The van der Waals surface area contributed by atoms with Crippen molar-refractivity contribution in [2.45, 2.75) is 12.4 Å². The molecule has 12 heteroatoms. The van der Waals surface area contributed by atoms with Crippen LogP contribution in [-0.2, 0) is 12.4 Å². The first-order valence-corrected chi connectivity index (χ1v) is 11.0. The summed E-state index contributed by atoms with van der Waals surface area (Å²) in [4.78, 5) is 3.29. The minimum absolute atomic E-state index is 0.0368. The molecule has 0 radical (unpaired) electrons. The van der Waals surface area contributed by atoms with Gasteiger partial charge >= 0.3 is 12.4 Å². The highest BCUT2D eigenvalue weighted by molar-refractivity contribution is 7.80. The van der Waals surface area contributed by atoms with Crippen LogP contribution in [0.25, 0.3) is 22.2 Å². The van der Waals surface area contributed by atoms with Crippen molar-refractivity contribution >= 4 is 51.7 Å². The van der Waals surface area contributed by atoms with Crippen LogP contribution in [-0.4, -0.2) is 16.3 Å². The van der Waals surface area contributed by atoms with Gasteiger partial charge in [-0.05, 0) is 54.2 Å². The second-order valence-corrected chi connectivity index (χ2v) is 8.43. The van der Waals surface area contributed by atoms with Crippen LogP contribution in [0.1, 0.15) is 16.7 Å². The number of nitrogens with one attached hydrogen (secondary N) is 3. The van der Waals surface area contributed by atoms with Crippen LogP contribution in [0, 0.1) is 0 Å². The van der Waals surface area contributed by atoms with E-state index in [4.69, 9.17) is 23.8 Å². The minimum Gasteiger partial charge on any atom is -0.354 e. The minimum atomic E-state index is -4.97. The molecule has 0 aliphatic carbocycles. The van der Waals surface area contributed by atoms with Crippen LogP contribution in [0.5, 0.6) is 0 Å². The first-order valence-electron chi connectivity index (χ1n) is 10.2. The first kappa shape index (κ1) is 25.5. The van der Waals surface area contributed by atoms with E-state index in [2.05, 4.69) is 20.8 Å². The van der Waals surface area contributed by atoms with Gasteiger partial charge < -0.3 is 10.3 Å². The van der Waals surface area contributed by atoms with Crippen LogP contribution in [0.4, 0.5) is 32.0 Å². The molecule has 0 amide bonds. The third-order valence-electron chi connectivity index (χ3n) is 5.08. The lowest BCUT2D eigenvalue weighted by atomic mass is 10.1. The van der Waals surface area contributed by atoms with E-state index in [1.807, 2.05) is 36.4 Å². The van der Waals surface area contributed by atoms with E-state index in [-0.39, 0.29) is 11.2 Å². The van der Waals surface area contributed by atoms with E-state index in [1.165, 1.54) is 6.21 Å². The number of hydrogen-bond donors (Lipinski definition) is 3.